The third-order valence-electron chi connectivity index (χ3n) is 7.50. The zero-order valence-electron chi connectivity index (χ0n) is 19.5. The maximum atomic E-state index is 5.76. The largest absolute Gasteiger partial charge is 0.381 e. The Kier molecular flexibility index (Phi) is 8.49. The van der Waals surface area contributed by atoms with Crippen molar-refractivity contribution in [3.8, 4) is 0 Å². The molecule has 1 heterocycles. The molecule has 0 bridgehead atoms. The quantitative estimate of drug-likeness (QED) is 0.434. The van der Waals surface area contributed by atoms with Crippen molar-refractivity contribution in [1.82, 2.24) is 15.9 Å². The summed E-state index contributed by atoms with van der Waals surface area (Å²) in [6.07, 6.45) is 9.05. The molecule has 1 saturated heterocycles. The van der Waals surface area contributed by atoms with E-state index in [2.05, 4.69) is 36.6 Å². The minimum atomic E-state index is -0.138. The van der Waals surface area contributed by atoms with Gasteiger partial charge < -0.3 is 14.2 Å². The first kappa shape index (κ1) is 24.3. The summed E-state index contributed by atoms with van der Waals surface area (Å²) in [6.45, 7) is 7.10. The second kappa shape index (κ2) is 10.5. The second-order valence-electron chi connectivity index (χ2n) is 10.2. The molecule has 3 rings (SSSR count). The third-order valence-corrected chi connectivity index (χ3v) is 7.87. The van der Waals surface area contributed by atoms with Crippen LogP contribution in [-0.4, -0.2) is 62.5 Å². The zero-order chi connectivity index (χ0) is 21.9. The monoisotopic (exact) mass is 442 g/mol. The summed E-state index contributed by atoms with van der Waals surface area (Å²) in [5.41, 5.74) is 6.95. The lowest BCUT2D eigenvalue weighted by atomic mass is 9.69. The molecular weight excluding hydrogens is 400 g/mol. The van der Waals surface area contributed by atoms with Crippen LogP contribution in [0.15, 0.2) is 5.10 Å². The van der Waals surface area contributed by atoms with E-state index in [1.165, 1.54) is 25.7 Å². The topological polar surface area (TPSA) is 67.3 Å². The lowest BCUT2D eigenvalue weighted by Crippen LogP contribution is -2.46. The molecule has 1 aliphatic heterocycles. The van der Waals surface area contributed by atoms with Gasteiger partial charge in [0.15, 0.2) is 5.50 Å². The maximum Gasteiger partial charge on any atom is 0.155 e. The van der Waals surface area contributed by atoms with Crippen LogP contribution in [-0.2, 0) is 14.2 Å². The molecule has 2 saturated carbocycles. The molecule has 6 atom stereocenters. The number of rotatable bonds is 6. The Morgan fingerprint density at radius 2 is 1.50 bits per heavy atom. The van der Waals surface area contributed by atoms with Gasteiger partial charge in [0.25, 0.3) is 0 Å². The minimum Gasteiger partial charge on any atom is -0.381 e. The van der Waals surface area contributed by atoms with Gasteiger partial charge in [-0.25, -0.2) is 10.9 Å². The summed E-state index contributed by atoms with van der Waals surface area (Å²) in [5.74, 6) is 1.56. The number of ether oxygens (including phenoxy) is 3. The van der Waals surface area contributed by atoms with Crippen molar-refractivity contribution in [2.45, 2.75) is 89.3 Å². The van der Waals surface area contributed by atoms with E-state index in [0.717, 1.165) is 18.8 Å². The standard InChI is InChI=1S/C22H42N4O3S/c1-22(2,3)16-9-7-14(8-10-16)20-24-25-21(30)26(20)23-13-15-11-18(28-5)19(29-6)12-17(15)27-4/h13-21,24-25,30H,7-12H2,1-6H3. The van der Waals surface area contributed by atoms with Crippen LogP contribution in [0.1, 0.15) is 59.3 Å². The van der Waals surface area contributed by atoms with Crippen LogP contribution < -0.4 is 10.9 Å². The first-order valence-electron chi connectivity index (χ1n) is 11.4. The fourth-order valence-corrected chi connectivity index (χ4v) is 5.71. The van der Waals surface area contributed by atoms with Gasteiger partial charge >= 0.3 is 0 Å². The van der Waals surface area contributed by atoms with Crippen molar-refractivity contribution < 1.29 is 14.2 Å². The Hall–Kier alpha value is -0.380. The Labute approximate surface area is 188 Å². The van der Waals surface area contributed by atoms with Gasteiger partial charge in [0.1, 0.15) is 6.17 Å². The van der Waals surface area contributed by atoms with Gasteiger partial charge in [0.2, 0.25) is 0 Å². The molecule has 2 aliphatic carbocycles. The number of hydrogen-bond acceptors (Lipinski definition) is 8. The SMILES string of the molecule is COC1CC(OC)C(OC)CC1C=NN1C(S)NNC1C1CCC(C(C)(C)C)CC1. The smallest absolute Gasteiger partial charge is 0.155 e. The molecular formula is C22H42N4O3S. The van der Waals surface area contributed by atoms with Crippen LogP contribution in [0.3, 0.4) is 0 Å². The second-order valence-corrected chi connectivity index (χ2v) is 10.7. The average Bonchev–Trinajstić information content (AvgIpc) is 3.11. The molecule has 2 N–H and O–H groups in total. The summed E-state index contributed by atoms with van der Waals surface area (Å²) >= 11 is 4.70. The van der Waals surface area contributed by atoms with Crippen LogP contribution in [0.4, 0.5) is 0 Å². The molecule has 30 heavy (non-hydrogen) atoms. The van der Waals surface area contributed by atoms with Crippen LogP contribution in [0.2, 0.25) is 0 Å². The predicted octanol–water partition coefficient (Wildman–Crippen LogP) is 3.23. The number of hydrazone groups is 1. The van der Waals surface area contributed by atoms with Gasteiger partial charge in [-0.2, -0.15) is 5.10 Å². The summed E-state index contributed by atoms with van der Waals surface area (Å²) in [6, 6.07) is 0. The van der Waals surface area contributed by atoms with E-state index in [0.29, 0.717) is 11.3 Å². The van der Waals surface area contributed by atoms with Crippen molar-refractivity contribution in [2.24, 2.45) is 28.3 Å². The molecule has 0 aromatic carbocycles. The van der Waals surface area contributed by atoms with Crippen LogP contribution >= 0.6 is 12.6 Å². The van der Waals surface area contributed by atoms with E-state index >= 15 is 0 Å². The molecule has 174 valence electrons. The summed E-state index contributed by atoms with van der Waals surface area (Å²) < 4.78 is 17.0. The average molecular weight is 443 g/mol. The van der Waals surface area contributed by atoms with E-state index in [9.17, 15) is 0 Å². The van der Waals surface area contributed by atoms with Gasteiger partial charge in [0, 0.05) is 39.9 Å². The Morgan fingerprint density at radius 3 is 2.07 bits per heavy atom. The number of nitrogens with zero attached hydrogens (tertiary/aromatic N) is 2. The molecule has 6 unspecified atom stereocenters. The number of hydrogen-bond donors (Lipinski definition) is 3. The van der Waals surface area contributed by atoms with Crippen molar-refractivity contribution in [1.29, 1.82) is 0 Å². The lowest BCUT2D eigenvalue weighted by Gasteiger charge is -2.40. The van der Waals surface area contributed by atoms with Gasteiger partial charge in [-0.3, -0.25) is 5.01 Å². The van der Waals surface area contributed by atoms with E-state index in [1.54, 1.807) is 21.3 Å². The number of nitrogens with one attached hydrogen (secondary N) is 2. The molecule has 8 heteroatoms. The molecule has 0 amide bonds. The van der Waals surface area contributed by atoms with E-state index in [1.807, 2.05) is 6.21 Å². The maximum absolute atomic E-state index is 5.76. The van der Waals surface area contributed by atoms with Crippen molar-refractivity contribution in [3.63, 3.8) is 0 Å². The van der Waals surface area contributed by atoms with Gasteiger partial charge in [-0.05, 0) is 49.4 Å². The lowest BCUT2D eigenvalue weighted by molar-refractivity contribution is -0.104. The zero-order valence-corrected chi connectivity index (χ0v) is 20.4. The molecule has 7 nitrogen and oxygen atoms in total. The predicted molar refractivity (Wildman–Crippen MR) is 123 cm³/mol. The highest BCUT2D eigenvalue weighted by Crippen LogP contribution is 2.41. The van der Waals surface area contributed by atoms with Crippen LogP contribution in [0.25, 0.3) is 0 Å². The number of methoxy groups -OCH3 is 3. The fourth-order valence-electron chi connectivity index (χ4n) is 5.43. The minimum absolute atomic E-state index is 0.0583. The van der Waals surface area contributed by atoms with Crippen molar-refractivity contribution >= 4 is 18.8 Å². The molecule has 0 aromatic rings. The third kappa shape index (κ3) is 5.51. The normalized spacial score (nSPS) is 41.0. The Morgan fingerprint density at radius 1 is 0.900 bits per heavy atom. The molecule has 0 spiro atoms. The molecule has 0 radical (unpaired) electrons. The summed E-state index contributed by atoms with van der Waals surface area (Å²) in [4.78, 5) is 0. The summed E-state index contributed by atoms with van der Waals surface area (Å²) in [7, 11) is 5.26. The van der Waals surface area contributed by atoms with E-state index in [-0.39, 0.29) is 35.9 Å². The fraction of sp³-hybridized carbons (Fsp3) is 0.955. The Bertz CT molecular complexity index is 565. The van der Waals surface area contributed by atoms with Crippen LogP contribution in [0, 0.1) is 23.2 Å². The van der Waals surface area contributed by atoms with E-state index < -0.39 is 0 Å². The van der Waals surface area contributed by atoms with Crippen molar-refractivity contribution in [2.75, 3.05) is 21.3 Å². The highest BCUT2D eigenvalue weighted by molar-refractivity contribution is 7.80. The Balaban J connectivity index is 1.64. The highest BCUT2D eigenvalue weighted by Gasteiger charge is 2.41. The number of thiol groups is 1. The van der Waals surface area contributed by atoms with E-state index in [4.69, 9.17) is 31.9 Å². The van der Waals surface area contributed by atoms with Gasteiger partial charge in [-0.1, -0.05) is 20.8 Å². The van der Waals surface area contributed by atoms with Gasteiger partial charge in [-0.15, -0.1) is 12.6 Å². The van der Waals surface area contributed by atoms with Crippen molar-refractivity contribution in [3.05, 3.63) is 0 Å². The van der Waals surface area contributed by atoms with Crippen LogP contribution in [0.5, 0.6) is 0 Å². The molecule has 3 aliphatic rings. The first-order chi connectivity index (χ1) is 14.3. The molecule has 3 fully saturated rings. The number of hydrazine groups is 1. The molecule has 0 aromatic heterocycles. The summed E-state index contributed by atoms with van der Waals surface area (Å²) in [5, 5.41) is 6.99. The first-order valence-corrected chi connectivity index (χ1v) is 11.9. The van der Waals surface area contributed by atoms with Gasteiger partial charge in [0.05, 0.1) is 18.3 Å². The highest BCUT2D eigenvalue weighted by atomic mass is 32.1.